The molecule has 25 heavy (non-hydrogen) atoms. The molecule has 0 unspecified atom stereocenters. The van der Waals surface area contributed by atoms with E-state index in [1.54, 1.807) is 56.5 Å². The first-order chi connectivity index (χ1) is 12.0. The first-order valence-electron chi connectivity index (χ1n) is 7.57. The van der Waals surface area contributed by atoms with E-state index in [2.05, 4.69) is 4.99 Å². The van der Waals surface area contributed by atoms with Gasteiger partial charge < -0.3 is 19.0 Å². The van der Waals surface area contributed by atoms with Crippen molar-refractivity contribution in [1.29, 1.82) is 0 Å². The molecule has 1 heterocycles. The molecule has 2 aromatic carbocycles. The van der Waals surface area contributed by atoms with Crippen LogP contribution >= 0.6 is 0 Å². The van der Waals surface area contributed by atoms with Gasteiger partial charge in [0.05, 0.1) is 31.0 Å². The summed E-state index contributed by atoms with van der Waals surface area (Å²) in [6.45, 7) is 1.64. The van der Waals surface area contributed by atoms with Crippen molar-refractivity contribution in [3.8, 4) is 17.2 Å². The van der Waals surface area contributed by atoms with Gasteiger partial charge in [0.2, 0.25) is 0 Å². The molecule has 0 bridgehead atoms. The third-order valence-corrected chi connectivity index (χ3v) is 3.81. The van der Waals surface area contributed by atoms with Crippen LogP contribution in [0.1, 0.15) is 12.5 Å². The van der Waals surface area contributed by atoms with Crippen LogP contribution in [0.25, 0.3) is 11.0 Å². The molecule has 0 saturated heterocycles. The topological polar surface area (TPSA) is 81.3 Å². The molecule has 0 spiro atoms. The summed E-state index contributed by atoms with van der Waals surface area (Å²) in [6.07, 6.45) is 0. The highest BCUT2D eigenvalue weighted by Gasteiger charge is 2.16. The molecule has 0 aliphatic carbocycles. The van der Waals surface area contributed by atoms with Crippen molar-refractivity contribution in [3.05, 3.63) is 58.4 Å². The zero-order valence-electron chi connectivity index (χ0n) is 14.1. The SMILES string of the molecule is COc1ccc(N=C(C)c2c(O)c3ccccc3oc2=O)cc1OC. The monoisotopic (exact) mass is 339 g/mol. The van der Waals surface area contributed by atoms with E-state index in [-0.39, 0.29) is 11.3 Å². The number of ether oxygens (including phenoxy) is 2. The molecule has 6 nitrogen and oxygen atoms in total. The molecule has 0 amide bonds. The largest absolute Gasteiger partial charge is 0.506 e. The van der Waals surface area contributed by atoms with E-state index < -0.39 is 5.63 Å². The maximum atomic E-state index is 12.3. The van der Waals surface area contributed by atoms with Gasteiger partial charge in [-0.1, -0.05) is 12.1 Å². The van der Waals surface area contributed by atoms with Crippen LogP contribution in [-0.4, -0.2) is 25.0 Å². The highest BCUT2D eigenvalue weighted by atomic mass is 16.5. The minimum atomic E-state index is -0.641. The summed E-state index contributed by atoms with van der Waals surface area (Å²) in [5.74, 6) is 0.951. The molecule has 1 aromatic heterocycles. The van der Waals surface area contributed by atoms with Crippen LogP contribution in [0, 0.1) is 0 Å². The molecule has 128 valence electrons. The number of nitrogens with zero attached hydrogens (tertiary/aromatic N) is 1. The van der Waals surface area contributed by atoms with Gasteiger partial charge in [-0.05, 0) is 31.2 Å². The quantitative estimate of drug-likeness (QED) is 0.579. The van der Waals surface area contributed by atoms with Gasteiger partial charge in [-0.2, -0.15) is 0 Å². The second-order valence-electron chi connectivity index (χ2n) is 5.35. The summed E-state index contributed by atoms with van der Waals surface area (Å²) in [5.41, 5.74) is 0.616. The molecule has 0 aliphatic heterocycles. The van der Waals surface area contributed by atoms with E-state index in [0.29, 0.717) is 33.9 Å². The standard InChI is InChI=1S/C19H17NO5/c1-11(20-12-8-9-15(23-2)16(10-12)24-3)17-18(21)13-6-4-5-7-14(13)25-19(17)22/h4-10,21H,1-3H3. The number of para-hydroxylation sites is 1. The Morgan fingerprint density at radius 1 is 1.08 bits per heavy atom. The lowest BCUT2D eigenvalue weighted by Crippen LogP contribution is -2.12. The minimum Gasteiger partial charge on any atom is -0.506 e. The van der Waals surface area contributed by atoms with Gasteiger partial charge >= 0.3 is 5.63 Å². The number of hydrogen-bond acceptors (Lipinski definition) is 6. The van der Waals surface area contributed by atoms with Gasteiger partial charge in [0.1, 0.15) is 16.9 Å². The smallest absolute Gasteiger partial charge is 0.349 e. The number of aliphatic imine (C=N–C) groups is 1. The molecular weight excluding hydrogens is 322 g/mol. The lowest BCUT2D eigenvalue weighted by Gasteiger charge is -2.09. The van der Waals surface area contributed by atoms with Crippen molar-refractivity contribution in [2.75, 3.05) is 14.2 Å². The lowest BCUT2D eigenvalue weighted by atomic mass is 10.1. The highest BCUT2D eigenvalue weighted by molar-refractivity contribution is 6.05. The van der Waals surface area contributed by atoms with E-state index >= 15 is 0 Å². The molecule has 6 heteroatoms. The number of fused-ring (bicyclic) bond motifs is 1. The van der Waals surface area contributed by atoms with Crippen LogP contribution in [0.3, 0.4) is 0 Å². The molecule has 3 aromatic rings. The Bertz CT molecular complexity index is 1020. The Morgan fingerprint density at radius 3 is 2.52 bits per heavy atom. The van der Waals surface area contributed by atoms with Gasteiger partial charge in [0.15, 0.2) is 11.5 Å². The molecule has 0 atom stereocenters. The fourth-order valence-corrected chi connectivity index (χ4v) is 2.60. The van der Waals surface area contributed by atoms with Gasteiger partial charge in [0, 0.05) is 6.07 Å². The third kappa shape index (κ3) is 3.06. The summed E-state index contributed by atoms with van der Waals surface area (Å²) in [4.78, 5) is 16.7. The van der Waals surface area contributed by atoms with Crippen molar-refractivity contribution < 1.29 is 19.0 Å². The molecule has 0 aliphatic rings. The predicted molar refractivity (Wildman–Crippen MR) is 95.6 cm³/mol. The van der Waals surface area contributed by atoms with Crippen LogP contribution in [0.15, 0.2) is 56.7 Å². The first kappa shape index (κ1) is 16.6. The van der Waals surface area contributed by atoms with E-state index in [1.807, 2.05) is 0 Å². The maximum absolute atomic E-state index is 12.3. The summed E-state index contributed by atoms with van der Waals surface area (Å²) >= 11 is 0. The fraction of sp³-hybridized carbons (Fsp3) is 0.158. The van der Waals surface area contributed by atoms with Crippen LogP contribution in [0.5, 0.6) is 17.2 Å². The first-order valence-corrected chi connectivity index (χ1v) is 7.57. The lowest BCUT2D eigenvalue weighted by molar-refractivity contribution is 0.355. The number of aromatic hydroxyl groups is 1. The fourth-order valence-electron chi connectivity index (χ4n) is 2.60. The van der Waals surface area contributed by atoms with Gasteiger partial charge in [0.25, 0.3) is 0 Å². The Kier molecular flexibility index (Phi) is 4.43. The van der Waals surface area contributed by atoms with Crippen molar-refractivity contribution >= 4 is 22.4 Å². The Labute approximate surface area is 144 Å². The third-order valence-electron chi connectivity index (χ3n) is 3.81. The van der Waals surface area contributed by atoms with Gasteiger partial charge in [-0.15, -0.1) is 0 Å². The Hall–Kier alpha value is -3.28. The molecule has 1 N–H and O–H groups in total. The second kappa shape index (κ2) is 6.68. The summed E-state index contributed by atoms with van der Waals surface area (Å²) in [7, 11) is 3.08. The van der Waals surface area contributed by atoms with E-state index in [4.69, 9.17) is 13.9 Å². The van der Waals surface area contributed by atoms with Crippen LogP contribution in [-0.2, 0) is 0 Å². The van der Waals surface area contributed by atoms with Crippen LogP contribution in [0.4, 0.5) is 5.69 Å². The van der Waals surface area contributed by atoms with Crippen molar-refractivity contribution in [2.24, 2.45) is 4.99 Å². The minimum absolute atomic E-state index is 0.0356. The summed E-state index contributed by atoms with van der Waals surface area (Å²) in [6, 6.07) is 11.9. The number of benzene rings is 2. The van der Waals surface area contributed by atoms with Gasteiger partial charge in [-0.3, -0.25) is 4.99 Å². The van der Waals surface area contributed by atoms with Crippen molar-refractivity contribution in [2.45, 2.75) is 6.92 Å². The zero-order chi connectivity index (χ0) is 18.0. The normalized spacial score (nSPS) is 11.6. The molecule has 3 rings (SSSR count). The Balaban J connectivity index is 2.12. The van der Waals surface area contributed by atoms with Crippen LogP contribution < -0.4 is 15.1 Å². The molecule has 0 fully saturated rings. The van der Waals surface area contributed by atoms with E-state index in [9.17, 15) is 9.90 Å². The number of hydrogen-bond donors (Lipinski definition) is 1. The highest BCUT2D eigenvalue weighted by Crippen LogP contribution is 2.32. The summed E-state index contributed by atoms with van der Waals surface area (Å²) in [5, 5.41) is 10.9. The molecular formula is C19H17NO5. The van der Waals surface area contributed by atoms with Crippen LogP contribution in [0.2, 0.25) is 0 Å². The number of methoxy groups -OCH3 is 2. The van der Waals surface area contributed by atoms with E-state index in [1.165, 1.54) is 7.11 Å². The summed E-state index contributed by atoms with van der Waals surface area (Å²) < 4.78 is 15.7. The van der Waals surface area contributed by atoms with Crippen molar-refractivity contribution in [1.82, 2.24) is 0 Å². The van der Waals surface area contributed by atoms with Crippen molar-refractivity contribution in [3.63, 3.8) is 0 Å². The van der Waals surface area contributed by atoms with E-state index in [0.717, 1.165) is 0 Å². The Morgan fingerprint density at radius 2 is 1.80 bits per heavy atom. The predicted octanol–water partition coefficient (Wildman–Crippen LogP) is 3.66. The number of rotatable bonds is 4. The molecule has 0 saturated carbocycles. The average Bonchev–Trinajstić information content (AvgIpc) is 2.61. The average molecular weight is 339 g/mol. The van der Waals surface area contributed by atoms with Gasteiger partial charge in [-0.25, -0.2) is 4.79 Å². The molecule has 0 radical (unpaired) electrons. The zero-order valence-corrected chi connectivity index (χ0v) is 14.1. The second-order valence-corrected chi connectivity index (χ2v) is 5.35. The maximum Gasteiger partial charge on any atom is 0.349 e.